The van der Waals surface area contributed by atoms with Gasteiger partial charge in [0.05, 0.1) is 16.6 Å². The van der Waals surface area contributed by atoms with Crippen molar-refractivity contribution < 1.29 is 4.21 Å². The molecule has 0 aromatic heterocycles. The van der Waals surface area contributed by atoms with Gasteiger partial charge < -0.3 is 0 Å². The van der Waals surface area contributed by atoms with E-state index in [2.05, 4.69) is 22.6 Å². The van der Waals surface area contributed by atoms with Crippen molar-refractivity contribution in [1.29, 1.82) is 0 Å². The standard InChI is InChI=1S/C13H11IOS/c14-12-6-8-13(9-7-12)16(15)10-11-4-2-1-3-5-11/h1-9H,10H2. The Kier molecular flexibility index (Phi) is 4.12. The van der Waals surface area contributed by atoms with Crippen LogP contribution in [0.15, 0.2) is 59.5 Å². The zero-order chi connectivity index (χ0) is 11.4. The summed E-state index contributed by atoms with van der Waals surface area (Å²) in [4.78, 5) is 0.893. The van der Waals surface area contributed by atoms with Gasteiger partial charge in [-0.1, -0.05) is 30.3 Å². The Morgan fingerprint density at radius 1 is 0.938 bits per heavy atom. The quantitative estimate of drug-likeness (QED) is 0.779. The minimum Gasteiger partial charge on any atom is -0.254 e. The van der Waals surface area contributed by atoms with Crippen molar-refractivity contribution in [2.75, 3.05) is 0 Å². The molecule has 0 saturated carbocycles. The van der Waals surface area contributed by atoms with Crippen LogP contribution < -0.4 is 0 Å². The number of hydrogen-bond acceptors (Lipinski definition) is 1. The second-order valence-electron chi connectivity index (χ2n) is 3.43. The average Bonchev–Trinajstić information content (AvgIpc) is 2.31. The Balaban J connectivity index is 2.12. The van der Waals surface area contributed by atoms with E-state index in [1.165, 1.54) is 0 Å². The fraction of sp³-hybridized carbons (Fsp3) is 0.0769. The van der Waals surface area contributed by atoms with Gasteiger partial charge >= 0.3 is 0 Å². The number of benzene rings is 2. The lowest BCUT2D eigenvalue weighted by molar-refractivity contribution is 0.682. The fourth-order valence-electron chi connectivity index (χ4n) is 1.40. The van der Waals surface area contributed by atoms with Gasteiger partial charge in [0.15, 0.2) is 0 Å². The Morgan fingerprint density at radius 2 is 1.56 bits per heavy atom. The van der Waals surface area contributed by atoms with E-state index in [-0.39, 0.29) is 0 Å². The van der Waals surface area contributed by atoms with Crippen molar-refractivity contribution in [3.05, 3.63) is 63.7 Å². The summed E-state index contributed by atoms with van der Waals surface area (Å²) in [7, 11) is -0.946. The monoisotopic (exact) mass is 342 g/mol. The summed E-state index contributed by atoms with van der Waals surface area (Å²) in [5.74, 6) is 0.585. The molecule has 82 valence electrons. The predicted octanol–water partition coefficient (Wildman–Crippen LogP) is 3.60. The first-order chi connectivity index (χ1) is 7.75. The molecule has 3 heteroatoms. The molecule has 0 aliphatic carbocycles. The van der Waals surface area contributed by atoms with Crippen molar-refractivity contribution in [3.63, 3.8) is 0 Å². The first kappa shape index (κ1) is 11.8. The van der Waals surface area contributed by atoms with Gasteiger partial charge in [-0.3, -0.25) is 4.21 Å². The molecule has 0 saturated heterocycles. The largest absolute Gasteiger partial charge is 0.254 e. The first-order valence-electron chi connectivity index (χ1n) is 4.93. The lowest BCUT2D eigenvalue weighted by atomic mass is 10.2. The molecule has 0 fully saturated rings. The third-order valence-electron chi connectivity index (χ3n) is 2.22. The molecule has 0 heterocycles. The van der Waals surface area contributed by atoms with Gasteiger partial charge in [0.1, 0.15) is 0 Å². The Labute approximate surface area is 111 Å². The van der Waals surface area contributed by atoms with Crippen LogP contribution in [0.2, 0.25) is 0 Å². The summed E-state index contributed by atoms with van der Waals surface area (Å²) < 4.78 is 13.2. The van der Waals surface area contributed by atoms with Crippen molar-refractivity contribution in [2.24, 2.45) is 0 Å². The number of halogens is 1. The minimum atomic E-state index is -0.946. The predicted molar refractivity (Wildman–Crippen MR) is 75.7 cm³/mol. The SMILES string of the molecule is O=S(Cc1ccccc1)c1ccc(I)cc1. The van der Waals surface area contributed by atoms with Gasteiger partial charge in [0.25, 0.3) is 0 Å². The molecule has 2 aromatic carbocycles. The minimum absolute atomic E-state index is 0.585. The van der Waals surface area contributed by atoms with Crippen molar-refractivity contribution in [1.82, 2.24) is 0 Å². The molecule has 0 radical (unpaired) electrons. The van der Waals surface area contributed by atoms with Crippen LogP contribution >= 0.6 is 22.6 Å². The topological polar surface area (TPSA) is 17.1 Å². The third-order valence-corrected chi connectivity index (χ3v) is 4.33. The van der Waals surface area contributed by atoms with Crippen molar-refractivity contribution in [3.8, 4) is 0 Å². The number of hydrogen-bond donors (Lipinski definition) is 0. The van der Waals surface area contributed by atoms with E-state index in [1.807, 2.05) is 54.6 Å². The van der Waals surface area contributed by atoms with Gasteiger partial charge in [0, 0.05) is 8.47 Å². The van der Waals surface area contributed by atoms with Crippen molar-refractivity contribution >= 4 is 33.4 Å². The second-order valence-corrected chi connectivity index (χ2v) is 6.13. The molecule has 2 aromatic rings. The van der Waals surface area contributed by atoms with E-state index in [4.69, 9.17) is 0 Å². The van der Waals surface area contributed by atoms with E-state index in [0.29, 0.717) is 5.75 Å². The van der Waals surface area contributed by atoms with Crippen LogP contribution in [0.1, 0.15) is 5.56 Å². The highest BCUT2D eigenvalue weighted by Gasteiger charge is 2.04. The van der Waals surface area contributed by atoms with Gasteiger partial charge in [-0.05, 0) is 52.4 Å². The highest BCUT2D eigenvalue weighted by Crippen LogP contribution is 2.14. The molecule has 16 heavy (non-hydrogen) atoms. The van der Waals surface area contributed by atoms with E-state index in [9.17, 15) is 4.21 Å². The highest BCUT2D eigenvalue weighted by atomic mass is 127. The molecule has 0 N–H and O–H groups in total. The van der Waals surface area contributed by atoms with E-state index < -0.39 is 10.8 Å². The molecule has 0 bridgehead atoms. The Bertz CT molecular complexity index is 479. The molecule has 1 unspecified atom stereocenters. The van der Waals surface area contributed by atoms with Gasteiger partial charge in [-0.15, -0.1) is 0 Å². The molecule has 1 nitrogen and oxygen atoms in total. The molecule has 1 atom stereocenters. The second kappa shape index (κ2) is 5.59. The van der Waals surface area contributed by atoms with Crippen LogP contribution in [0.25, 0.3) is 0 Å². The fourth-order valence-corrected chi connectivity index (χ4v) is 2.86. The maximum absolute atomic E-state index is 12.0. The van der Waals surface area contributed by atoms with Crippen LogP contribution in [0.5, 0.6) is 0 Å². The molecular weight excluding hydrogens is 331 g/mol. The number of rotatable bonds is 3. The normalized spacial score (nSPS) is 12.3. The van der Waals surface area contributed by atoms with Crippen LogP contribution in [0, 0.1) is 3.57 Å². The first-order valence-corrected chi connectivity index (χ1v) is 7.33. The average molecular weight is 342 g/mol. The summed E-state index contributed by atoms with van der Waals surface area (Å²) >= 11 is 2.24. The summed E-state index contributed by atoms with van der Waals surface area (Å²) in [6, 6.07) is 17.8. The smallest absolute Gasteiger partial charge is 0.0574 e. The van der Waals surface area contributed by atoms with Crippen molar-refractivity contribution in [2.45, 2.75) is 10.6 Å². The maximum Gasteiger partial charge on any atom is 0.0574 e. The zero-order valence-corrected chi connectivity index (χ0v) is 11.6. The maximum atomic E-state index is 12.0. The molecule has 0 spiro atoms. The summed E-state index contributed by atoms with van der Waals surface area (Å²) in [5.41, 5.74) is 1.11. The highest BCUT2D eigenvalue weighted by molar-refractivity contribution is 14.1. The van der Waals surface area contributed by atoms with Crippen LogP contribution in [0.3, 0.4) is 0 Å². The summed E-state index contributed by atoms with van der Waals surface area (Å²) in [6.45, 7) is 0. The lowest BCUT2D eigenvalue weighted by Gasteiger charge is -2.02. The third kappa shape index (κ3) is 3.15. The Morgan fingerprint density at radius 3 is 2.19 bits per heavy atom. The van der Waals surface area contributed by atoms with Crippen LogP contribution in [-0.2, 0) is 16.6 Å². The lowest BCUT2D eigenvalue weighted by Crippen LogP contribution is -1.96. The molecule has 0 amide bonds. The van der Waals surface area contributed by atoms with E-state index >= 15 is 0 Å². The Hall–Kier alpha value is -0.680. The van der Waals surface area contributed by atoms with Crippen LogP contribution in [-0.4, -0.2) is 4.21 Å². The van der Waals surface area contributed by atoms with E-state index in [1.54, 1.807) is 0 Å². The summed E-state index contributed by atoms with van der Waals surface area (Å²) in [5, 5.41) is 0. The van der Waals surface area contributed by atoms with Gasteiger partial charge in [-0.25, -0.2) is 0 Å². The van der Waals surface area contributed by atoms with Gasteiger partial charge in [0.2, 0.25) is 0 Å². The zero-order valence-electron chi connectivity index (χ0n) is 8.60. The van der Waals surface area contributed by atoms with E-state index in [0.717, 1.165) is 14.0 Å². The molecular formula is C13H11IOS. The molecule has 0 aliphatic rings. The molecule has 0 aliphatic heterocycles. The molecule has 2 rings (SSSR count). The van der Waals surface area contributed by atoms with Gasteiger partial charge in [-0.2, -0.15) is 0 Å². The summed E-state index contributed by atoms with van der Waals surface area (Å²) in [6.07, 6.45) is 0. The van der Waals surface area contributed by atoms with Crippen LogP contribution in [0.4, 0.5) is 0 Å².